The van der Waals surface area contributed by atoms with Crippen LogP contribution in [0, 0.1) is 0 Å². The van der Waals surface area contributed by atoms with E-state index >= 15 is 0 Å². The molecule has 2 aromatic rings. The molecule has 1 aromatic heterocycles. The van der Waals surface area contributed by atoms with Crippen LogP contribution in [0.5, 0.6) is 5.75 Å². The van der Waals surface area contributed by atoms with Gasteiger partial charge in [-0.15, -0.1) is 0 Å². The third-order valence-electron chi connectivity index (χ3n) is 3.68. The standard InChI is InChI=1S/C15H19N3O/c1-19-15-5-3-2-4-12(15)7-9-18-11-17-13-10-16-8-6-14(13)18/h2-5,11,16H,6-10H2,1H3. The van der Waals surface area contributed by atoms with E-state index in [0.29, 0.717) is 0 Å². The van der Waals surface area contributed by atoms with Gasteiger partial charge < -0.3 is 14.6 Å². The summed E-state index contributed by atoms with van der Waals surface area (Å²) in [5.41, 5.74) is 3.83. The van der Waals surface area contributed by atoms with Gasteiger partial charge in [0.25, 0.3) is 0 Å². The molecule has 1 aromatic carbocycles. The molecule has 0 spiro atoms. The largest absolute Gasteiger partial charge is 0.496 e. The van der Waals surface area contributed by atoms with Gasteiger partial charge in [-0.2, -0.15) is 0 Å². The van der Waals surface area contributed by atoms with Crippen LogP contribution in [0.2, 0.25) is 0 Å². The molecule has 1 aliphatic heterocycles. The van der Waals surface area contributed by atoms with Gasteiger partial charge in [0, 0.05) is 31.7 Å². The average Bonchev–Trinajstić information content (AvgIpc) is 2.89. The van der Waals surface area contributed by atoms with E-state index in [-0.39, 0.29) is 0 Å². The highest BCUT2D eigenvalue weighted by Crippen LogP contribution is 2.19. The number of nitrogens with zero attached hydrogens (tertiary/aromatic N) is 2. The molecular formula is C15H19N3O. The first-order valence-corrected chi connectivity index (χ1v) is 6.74. The number of nitrogens with one attached hydrogen (secondary N) is 1. The molecular weight excluding hydrogens is 238 g/mol. The molecule has 19 heavy (non-hydrogen) atoms. The van der Waals surface area contributed by atoms with Crippen LogP contribution < -0.4 is 10.1 Å². The Labute approximate surface area is 113 Å². The van der Waals surface area contributed by atoms with Crippen LogP contribution in [0.3, 0.4) is 0 Å². The van der Waals surface area contributed by atoms with E-state index in [0.717, 1.165) is 38.2 Å². The molecule has 3 rings (SSSR count). The minimum atomic E-state index is 0.900. The summed E-state index contributed by atoms with van der Waals surface area (Å²) < 4.78 is 7.67. The van der Waals surface area contributed by atoms with Crippen molar-refractivity contribution in [2.24, 2.45) is 0 Å². The summed E-state index contributed by atoms with van der Waals surface area (Å²) in [7, 11) is 1.73. The number of imidazole rings is 1. The molecule has 0 saturated carbocycles. The zero-order chi connectivity index (χ0) is 13.1. The van der Waals surface area contributed by atoms with E-state index in [9.17, 15) is 0 Å². The van der Waals surface area contributed by atoms with Crippen LogP contribution in [-0.4, -0.2) is 23.2 Å². The molecule has 1 N–H and O–H groups in total. The number of ether oxygens (including phenoxy) is 1. The summed E-state index contributed by atoms with van der Waals surface area (Å²) in [4.78, 5) is 4.48. The highest BCUT2D eigenvalue weighted by molar-refractivity contribution is 5.33. The van der Waals surface area contributed by atoms with Crippen LogP contribution >= 0.6 is 0 Å². The van der Waals surface area contributed by atoms with Gasteiger partial charge in [-0.05, 0) is 18.1 Å². The predicted molar refractivity (Wildman–Crippen MR) is 74.3 cm³/mol. The van der Waals surface area contributed by atoms with Crippen LogP contribution in [0.4, 0.5) is 0 Å². The predicted octanol–water partition coefficient (Wildman–Crippen LogP) is 1.78. The maximum absolute atomic E-state index is 5.39. The number of aromatic nitrogens is 2. The minimum Gasteiger partial charge on any atom is -0.496 e. The molecule has 0 aliphatic carbocycles. The third-order valence-corrected chi connectivity index (χ3v) is 3.68. The van der Waals surface area contributed by atoms with Crippen molar-refractivity contribution in [2.75, 3.05) is 13.7 Å². The van der Waals surface area contributed by atoms with Crippen molar-refractivity contribution >= 4 is 0 Å². The highest BCUT2D eigenvalue weighted by Gasteiger charge is 2.14. The molecule has 4 heteroatoms. The Morgan fingerprint density at radius 3 is 3.16 bits per heavy atom. The Morgan fingerprint density at radius 2 is 2.26 bits per heavy atom. The molecule has 4 nitrogen and oxygen atoms in total. The Hall–Kier alpha value is -1.81. The first-order valence-electron chi connectivity index (χ1n) is 6.74. The van der Waals surface area contributed by atoms with Gasteiger partial charge in [0.05, 0.1) is 19.1 Å². The van der Waals surface area contributed by atoms with E-state index < -0.39 is 0 Å². The van der Waals surface area contributed by atoms with Crippen molar-refractivity contribution in [1.82, 2.24) is 14.9 Å². The summed E-state index contributed by atoms with van der Waals surface area (Å²) in [6.45, 7) is 2.91. The number of hydrogen-bond acceptors (Lipinski definition) is 3. The maximum atomic E-state index is 5.39. The first-order chi connectivity index (χ1) is 9.38. The van der Waals surface area contributed by atoms with Crippen LogP contribution in [0.1, 0.15) is 17.0 Å². The van der Waals surface area contributed by atoms with Crippen LogP contribution in [-0.2, 0) is 25.9 Å². The monoisotopic (exact) mass is 257 g/mol. The fourth-order valence-electron chi connectivity index (χ4n) is 2.64. The van der Waals surface area contributed by atoms with Gasteiger partial charge in [0.15, 0.2) is 0 Å². The summed E-state index contributed by atoms with van der Waals surface area (Å²) in [6, 6.07) is 8.21. The number of para-hydroxylation sites is 1. The number of benzene rings is 1. The summed E-state index contributed by atoms with van der Waals surface area (Å²) >= 11 is 0. The smallest absolute Gasteiger partial charge is 0.122 e. The van der Waals surface area contributed by atoms with Gasteiger partial charge in [0.2, 0.25) is 0 Å². The lowest BCUT2D eigenvalue weighted by Crippen LogP contribution is -2.25. The number of aryl methyl sites for hydroxylation is 2. The summed E-state index contributed by atoms with van der Waals surface area (Å²) in [5.74, 6) is 0.971. The van der Waals surface area contributed by atoms with Crippen LogP contribution in [0.25, 0.3) is 0 Å². The van der Waals surface area contributed by atoms with Gasteiger partial charge >= 0.3 is 0 Å². The molecule has 0 saturated heterocycles. The number of methoxy groups -OCH3 is 1. The van der Waals surface area contributed by atoms with Crippen molar-refractivity contribution in [1.29, 1.82) is 0 Å². The van der Waals surface area contributed by atoms with Crippen LogP contribution in [0.15, 0.2) is 30.6 Å². The quantitative estimate of drug-likeness (QED) is 0.907. The maximum Gasteiger partial charge on any atom is 0.122 e. The molecule has 100 valence electrons. The molecule has 0 bridgehead atoms. The van der Waals surface area contributed by atoms with Crippen molar-refractivity contribution < 1.29 is 4.74 Å². The van der Waals surface area contributed by atoms with E-state index in [1.165, 1.54) is 17.0 Å². The van der Waals surface area contributed by atoms with E-state index in [2.05, 4.69) is 27.0 Å². The Bertz CT molecular complexity index is 562. The second-order valence-corrected chi connectivity index (χ2v) is 4.82. The Morgan fingerprint density at radius 1 is 1.37 bits per heavy atom. The second kappa shape index (κ2) is 5.45. The molecule has 0 amide bonds. The lowest BCUT2D eigenvalue weighted by molar-refractivity contribution is 0.408. The number of hydrogen-bond donors (Lipinski definition) is 1. The zero-order valence-electron chi connectivity index (χ0n) is 11.2. The summed E-state index contributed by atoms with van der Waals surface area (Å²) in [6.07, 6.45) is 4.01. The number of rotatable bonds is 4. The Kier molecular flexibility index (Phi) is 3.51. The first kappa shape index (κ1) is 12.2. The second-order valence-electron chi connectivity index (χ2n) is 4.82. The van der Waals surface area contributed by atoms with Crippen molar-refractivity contribution in [2.45, 2.75) is 25.9 Å². The van der Waals surface area contributed by atoms with E-state index in [1.807, 2.05) is 18.5 Å². The fraction of sp³-hybridized carbons (Fsp3) is 0.400. The molecule has 0 unspecified atom stereocenters. The molecule has 0 fully saturated rings. The Balaban J connectivity index is 1.74. The highest BCUT2D eigenvalue weighted by atomic mass is 16.5. The molecule has 1 aliphatic rings. The normalized spacial score (nSPS) is 14.2. The third kappa shape index (κ3) is 2.49. The fourth-order valence-corrected chi connectivity index (χ4v) is 2.64. The summed E-state index contributed by atoms with van der Waals surface area (Å²) in [5, 5.41) is 3.35. The number of fused-ring (bicyclic) bond motifs is 1. The van der Waals surface area contributed by atoms with Gasteiger partial charge in [-0.25, -0.2) is 4.98 Å². The lowest BCUT2D eigenvalue weighted by atomic mass is 10.1. The van der Waals surface area contributed by atoms with Crippen molar-refractivity contribution in [3.05, 3.63) is 47.5 Å². The van der Waals surface area contributed by atoms with Gasteiger partial charge in [-0.1, -0.05) is 18.2 Å². The molecule has 0 radical (unpaired) electrons. The minimum absolute atomic E-state index is 0.900. The van der Waals surface area contributed by atoms with E-state index in [1.54, 1.807) is 7.11 Å². The zero-order valence-corrected chi connectivity index (χ0v) is 11.2. The van der Waals surface area contributed by atoms with Crippen molar-refractivity contribution in [3.8, 4) is 5.75 Å². The SMILES string of the molecule is COc1ccccc1CCn1cnc2c1CCNC2. The molecule has 0 atom stereocenters. The van der Waals surface area contributed by atoms with Gasteiger partial charge in [-0.3, -0.25) is 0 Å². The van der Waals surface area contributed by atoms with Crippen molar-refractivity contribution in [3.63, 3.8) is 0 Å². The van der Waals surface area contributed by atoms with E-state index in [4.69, 9.17) is 4.74 Å². The molecule has 2 heterocycles. The lowest BCUT2D eigenvalue weighted by Gasteiger charge is -2.15. The van der Waals surface area contributed by atoms with Gasteiger partial charge in [0.1, 0.15) is 5.75 Å². The average molecular weight is 257 g/mol. The topological polar surface area (TPSA) is 39.1 Å².